The lowest BCUT2D eigenvalue weighted by Gasteiger charge is -2.00. The van der Waals surface area contributed by atoms with Gasteiger partial charge in [-0.3, -0.25) is 4.57 Å². The minimum absolute atomic E-state index is 0.941. The molecule has 0 amide bonds. The Balaban J connectivity index is 3.79. The van der Waals surface area contributed by atoms with E-state index in [1.807, 2.05) is 6.92 Å². The lowest BCUT2D eigenvalue weighted by atomic mass is 10.4. The van der Waals surface area contributed by atoms with Crippen molar-refractivity contribution >= 4 is 40.1 Å². The third-order valence-corrected chi connectivity index (χ3v) is 3.67. The van der Waals surface area contributed by atoms with Crippen LogP contribution in [0.5, 0.6) is 0 Å². The topological polar surface area (TPSA) is 17.1 Å². The summed E-state index contributed by atoms with van der Waals surface area (Å²) in [7, 11) is 0. The molecule has 0 aliphatic rings. The first-order chi connectivity index (χ1) is 5.45. The van der Waals surface area contributed by atoms with Crippen LogP contribution in [0.1, 0.15) is 26.7 Å². The molecule has 0 aromatic heterocycles. The standard InChI is InChI=1S/C7H13Cl2OPS/c1-3-4-5-12-7(2)6-11(8,9)10/h6H,3-5H2,1-2H3/b7-6+. The van der Waals surface area contributed by atoms with Crippen LogP contribution in [0.15, 0.2) is 10.7 Å². The Morgan fingerprint density at radius 1 is 1.58 bits per heavy atom. The summed E-state index contributed by atoms with van der Waals surface area (Å²) in [5.74, 6) is -0.534. The van der Waals surface area contributed by atoms with E-state index in [1.54, 1.807) is 11.8 Å². The fraction of sp³-hybridized carbons (Fsp3) is 0.714. The molecule has 72 valence electrons. The van der Waals surface area contributed by atoms with Gasteiger partial charge >= 0.3 is 0 Å². The van der Waals surface area contributed by atoms with Gasteiger partial charge in [0.15, 0.2) is 0 Å². The SMILES string of the molecule is CCCCS/C(C)=C/P(=O)(Cl)Cl. The van der Waals surface area contributed by atoms with Gasteiger partial charge in [0.1, 0.15) is 0 Å². The average Bonchev–Trinajstić information content (AvgIpc) is 1.84. The van der Waals surface area contributed by atoms with Crippen molar-refractivity contribution in [3.8, 4) is 0 Å². The maximum Gasteiger partial charge on any atom is 0.275 e. The van der Waals surface area contributed by atoms with Crippen LogP contribution >= 0.6 is 40.1 Å². The van der Waals surface area contributed by atoms with Crippen molar-refractivity contribution in [3.05, 3.63) is 10.7 Å². The summed E-state index contributed by atoms with van der Waals surface area (Å²) >= 11 is 12.4. The van der Waals surface area contributed by atoms with Crippen LogP contribution < -0.4 is 0 Å². The summed E-state index contributed by atoms with van der Waals surface area (Å²) in [5.41, 5.74) is 0. The number of rotatable bonds is 5. The van der Waals surface area contributed by atoms with Gasteiger partial charge in [-0.25, -0.2) is 0 Å². The predicted molar refractivity (Wildman–Crippen MR) is 60.4 cm³/mol. The molecule has 0 aromatic rings. The zero-order chi connectivity index (χ0) is 9.61. The number of hydrogen-bond donors (Lipinski definition) is 0. The highest BCUT2D eigenvalue weighted by Gasteiger charge is 2.09. The number of halogens is 2. The van der Waals surface area contributed by atoms with Crippen molar-refractivity contribution in [2.75, 3.05) is 5.75 Å². The quantitative estimate of drug-likeness (QED) is 0.499. The van der Waals surface area contributed by atoms with Crippen LogP contribution in [0.25, 0.3) is 0 Å². The molecule has 0 N–H and O–H groups in total. The Labute approximate surface area is 87.8 Å². The molecule has 0 unspecified atom stereocenters. The van der Waals surface area contributed by atoms with Gasteiger partial charge in [0.2, 0.25) is 0 Å². The fourth-order valence-electron chi connectivity index (χ4n) is 0.626. The van der Waals surface area contributed by atoms with E-state index >= 15 is 0 Å². The second-order valence-electron chi connectivity index (χ2n) is 2.44. The molecule has 0 aliphatic carbocycles. The molecule has 0 spiro atoms. The van der Waals surface area contributed by atoms with Crippen LogP contribution in [0.4, 0.5) is 0 Å². The molecule has 12 heavy (non-hydrogen) atoms. The predicted octanol–water partition coefficient (Wildman–Crippen LogP) is 5.05. The van der Waals surface area contributed by atoms with Crippen molar-refractivity contribution in [1.82, 2.24) is 0 Å². The Morgan fingerprint density at radius 2 is 2.17 bits per heavy atom. The van der Waals surface area contributed by atoms with Gasteiger partial charge < -0.3 is 0 Å². The minimum Gasteiger partial charge on any atom is -0.285 e. The summed E-state index contributed by atoms with van der Waals surface area (Å²) in [5, 5.41) is 0. The van der Waals surface area contributed by atoms with Crippen LogP contribution in [-0.4, -0.2) is 5.75 Å². The van der Waals surface area contributed by atoms with Gasteiger partial charge in [0, 0.05) is 5.82 Å². The van der Waals surface area contributed by atoms with E-state index in [4.69, 9.17) is 22.5 Å². The molecule has 0 heterocycles. The molecular weight excluding hydrogens is 234 g/mol. The maximum atomic E-state index is 10.9. The van der Waals surface area contributed by atoms with E-state index in [1.165, 1.54) is 12.2 Å². The van der Waals surface area contributed by atoms with Crippen LogP contribution in [0.3, 0.4) is 0 Å². The molecule has 0 aliphatic heterocycles. The Hall–Kier alpha value is 0.900. The van der Waals surface area contributed by atoms with E-state index in [0.29, 0.717) is 0 Å². The number of hydrogen-bond acceptors (Lipinski definition) is 2. The second kappa shape index (κ2) is 6.37. The highest BCUT2D eigenvalue weighted by molar-refractivity contribution is 8.11. The molecule has 1 nitrogen and oxygen atoms in total. The average molecular weight is 247 g/mol. The van der Waals surface area contributed by atoms with Gasteiger partial charge in [-0.1, -0.05) is 13.3 Å². The van der Waals surface area contributed by atoms with E-state index in [9.17, 15) is 4.57 Å². The number of unbranched alkanes of at least 4 members (excludes halogenated alkanes) is 1. The monoisotopic (exact) mass is 246 g/mol. The van der Waals surface area contributed by atoms with Crippen molar-refractivity contribution in [2.45, 2.75) is 26.7 Å². The Kier molecular flexibility index (Phi) is 6.85. The van der Waals surface area contributed by atoms with Crippen LogP contribution in [-0.2, 0) is 4.57 Å². The zero-order valence-corrected chi connectivity index (χ0v) is 10.4. The van der Waals surface area contributed by atoms with E-state index in [2.05, 4.69) is 6.92 Å². The zero-order valence-electron chi connectivity index (χ0n) is 7.22. The van der Waals surface area contributed by atoms with Gasteiger partial charge in [-0.05, 0) is 46.5 Å². The first-order valence-corrected chi connectivity index (χ1v) is 8.34. The van der Waals surface area contributed by atoms with Gasteiger partial charge in [0.05, 0.1) is 0 Å². The highest BCUT2D eigenvalue weighted by atomic mass is 35.9. The summed E-state index contributed by atoms with van der Waals surface area (Å²) in [4.78, 5) is 0.941. The summed E-state index contributed by atoms with van der Waals surface area (Å²) in [6.45, 7) is 4.01. The van der Waals surface area contributed by atoms with Crippen LogP contribution in [0, 0.1) is 0 Å². The van der Waals surface area contributed by atoms with Gasteiger partial charge in [0.25, 0.3) is 5.85 Å². The molecule has 0 aromatic carbocycles. The van der Waals surface area contributed by atoms with Crippen molar-refractivity contribution < 1.29 is 4.57 Å². The second-order valence-corrected chi connectivity index (χ2v) is 8.58. The summed E-state index contributed by atoms with van der Waals surface area (Å²) < 4.78 is 10.9. The molecule has 0 bridgehead atoms. The number of thioether (sulfide) groups is 1. The number of allylic oxidation sites excluding steroid dienone is 1. The molecule has 0 rings (SSSR count). The first-order valence-electron chi connectivity index (χ1n) is 3.77. The Bertz CT molecular complexity index is 200. The van der Waals surface area contributed by atoms with Crippen LogP contribution in [0.2, 0.25) is 0 Å². The maximum absolute atomic E-state index is 10.9. The van der Waals surface area contributed by atoms with E-state index in [-0.39, 0.29) is 0 Å². The Morgan fingerprint density at radius 3 is 2.58 bits per heavy atom. The normalized spacial score (nSPS) is 13.5. The summed E-state index contributed by atoms with van der Waals surface area (Å²) in [6.07, 6.45) is 2.32. The molecule has 0 atom stereocenters. The van der Waals surface area contributed by atoms with E-state index < -0.39 is 5.85 Å². The smallest absolute Gasteiger partial charge is 0.275 e. The lowest BCUT2D eigenvalue weighted by Crippen LogP contribution is -1.76. The third-order valence-electron chi connectivity index (χ3n) is 1.16. The molecule has 0 fully saturated rings. The van der Waals surface area contributed by atoms with E-state index in [0.717, 1.165) is 17.1 Å². The minimum atomic E-state index is -3.01. The molecule has 0 radical (unpaired) electrons. The molecule has 0 saturated carbocycles. The van der Waals surface area contributed by atoms with Crippen molar-refractivity contribution in [1.29, 1.82) is 0 Å². The lowest BCUT2D eigenvalue weighted by molar-refractivity contribution is 0.597. The van der Waals surface area contributed by atoms with Crippen molar-refractivity contribution in [3.63, 3.8) is 0 Å². The highest BCUT2D eigenvalue weighted by Crippen LogP contribution is 2.59. The molecular formula is C7H13Cl2OPS. The largest absolute Gasteiger partial charge is 0.285 e. The molecule has 5 heteroatoms. The molecule has 0 saturated heterocycles. The first kappa shape index (κ1) is 12.9. The fourth-order valence-corrected chi connectivity index (χ4v) is 3.77. The van der Waals surface area contributed by atoms with Crippen molar-refractivity contribution in [2.24, 2.45) is 0 Å². The summed E-state index contributed by atoms with van der Waals surface area (Å²) in [6, 6.07) is 0. The van der Waals surface area contributed by atoms with Gasteiger partial charge in [-0.2, -0.15) is 0 Å². The van der Waals surface area contributed by atoms with Gasteiger partial charge in [-0.15, -0.1) is 11.8 Å². The third kappa shape index (κ3) is 8.99.